The molecule has 1 aliphatic rings. The van der Waals surface area contributed by atoms with Crippen LogP contribution >= 0.6 is 0 Å². The van der Waals surface area contributed by atoms with Crippen molar-refractivity contribution in [2.24, 2.45) is 0 Å². The van der Waals surface area contributed by atoms with Gasteiger partial charge in [-0.05, 0) is 26.3 Å². The Kier molecular flexibility index (Phi) is 2.49. The van der Waals surface area contributed by atoms with Crippen LogP contribution in [0.5, 0.6) is 5.95 Å². The van der Waals surface area contributed by atoms with E-state index in [1.807, 2.05) is 6.92 Å². The molecule has 0 aliphatic carbocycles. The van der Waals surface area contributed by atoms with Crippen molar-refractivity contribution in [2.45, 2.75) is 25.8 Å². The second-order valence-corrected chi connectivity index (χ2v) is 3.39. The van der Waals surface area contributed by atoms with Crippen LogP contribution in [0.15, 0.2) is 10.6 Å². The second-order valence-electron chi connectivity index (χ2n) is 3.39. The molecule has 0 amide bonds. The zero-order chi connectivity index (χ0) is 9.10. The lowest BCUT2D eigenvalue weighted by Gasteiger charge is -2.08. The fourth-order valence-corrected chi connectivity index (χ4v) is 1.49. The van der Waals surface area contributed by atoms with Gasteiger partial charge in [-0.1, -0.05) is 5.16 Å². The Morgan fingerprint density at radius 2 is 2.69 bits per heavy atom. The largest absolute Gasteiger partial charge is 0.462 e. The van der Waals surface area contributed by atoms with E-state index >= 15 is 0 Å². The van der Waals surface area contributed by atoms with Crippen molar-refractivity contribution in [3.63, 3.8) is 0 Å². The van der Waals surface area contributed by atoms with Crippen LogP contribution in [0.2, 0.25) is 0 Å². The van der Waals surface area contributed by atoms with E-state index in [4.69, 9.17) is 9.26 Å². The van der Waals surface area contributed by atoms with Gasteiger partial charge in [-0.25, -0.2) is 0 Å². The molecule has 2 heterocycles. The third kappa shape index (κ3) is 2.21. The first-order valence-corrected chi connectivity index (χ1v) is 4.64. The van der Waals surface area contributed by atoms with Gasteiger partial charge < -0.3 is 14.6 Å². The third-order valence-corrected chi connectivity index (χ3v) is 2.20. The van der Waals surface area contributed by atoms with Crippen molar-refractivity contribution >= 4 is 0 Å². The van der Waals surface area contributed by atoms with E-state index in [2.05, 4.69) is 10.5 Å². The van der Waals surface area contributed by atoms with Crippen molar-refractivity contribution in [1.29, 1.82) is 0 Å². The number of aryl methyl sites for hydroxylation is 1. The molecule has 1 N–H and O–H groups in total. The van der Waals surface area contributed by atoms with Gasteiger partial charge in [0, 0.05) is 12.1 Å². The average Bonchev–Trinajstić information content (AvgIpc) is 2.71. The first-order chi connectivity index (χ1) is 6.34. The summed E-state index contributed by atoms with van der Waals surface area (Å²) < 4.78 is 10.3. The average molecular weight is 182 g/mol. The van der Waals surface area contributed by atoms with E-state index in [1.54, 1.807) is 6.07 Å². The van der Waals surface area contributed by atoms with Crippen LogP contribution in [0, 0.1) is 6.92 Å². The predicted molar refractivity (Wildman–Crippen MR) is 47.8 cm³/mol. The fraction of sp³-hybridized carbons (Fsp3) is 0.667. The number of hydrogen-bond donors (Lipinski definition) is 1. The van der Waals surface area contributed by atoms with Gasteiger partial charge in [0.1, 0.15) is 6.61 Å². The first-order valence-electron chi connectivity index (χ1n) is 4.64. The molecule has 72 valence electrons. The summed E-state index contributed by atoms with van der Waals surface area (Å²) in [5, 5.41) is 7.09. The fourth-order valence-electron chi connectivity index (χ4n) is 1.49. The maximum atomic E-state index is 5.42. The van der Waals surface area contributed by atoms with Crippen LogP contribution in [-0.2, 0) is 0 Å². The van der Waals surface area contributed by atoms with Gasteiger partial charge in [0.05, 0.1) is 5.69 Å². The molecule has 1 aromatic rings. The van der Waals surface area contributed by atoms with Crippen molar-refractivity contribution in [3.8, 4) is 5.95 Å². The highest BCUT2D eigenvalue weighted by atomic mass is 16.6. The molecule has 4 nitrogen and oxygen atoms in total. The van der Waals surface area contributed by atoms with Crippen molar-refractivity contribution in [1.82, 2.24) is 10.5 Å². The molecule has 1 fully saturated rings. The van der Waals surface area contributed by atoms with E-state index in [-0.39, 0.29) is 0 Å². The molecule has 1 aliphatic heterocycles. The number of nitrogens with zero attached hydrogens (tertiary/aromatic N) is 1. The normalized spacial score (nSPS) is 22.1. The monoisotopic (exact) mass is 182 g/mol. The van der Waals surface area contributed by atoms with E-state index in [9.17, 15) is 0 Å². The highest BCUT2D eigenvalue weighted by Crippen LogP contribution is 2.13. The Morgan fingerprint density at radius 3 is 3.31 bits per heavy atom. The standard InChI is InChI=1S/C9H14N2O2/c1-7-5-9(13-11-7)12-6-8-3-2-4-10-8/h5,8,10H,2-4,6H2,1H3/t8-/m0/s1. The van der Waals surface area contributed by atoms with E-state index in [1.165, 1.54) is 12.8 Å². The van der Waals surface area contributed by atoms with Gasteiger partial charge in [-0.3, -0.25) is 0 Å². The summed E-state index contributed by atoms with van der Waals surface area (Å²) in [6.07, 6.45) is 2.43. The zero-order valence-corrected chi connectivity index (χ0v) is 7.75. The highest BCUT2D eigenvalue weighted by Gasteiger charge is 2.15. The van der Waals surface area contributed by atoms with Crippen molar-refractivity contribution in [3.05, 3.63) is 11.8 Å². The minimum Gasteiger partial charge on any atom is -0.462 e. The summed E-state index contributed by atoms with van der Waals surface area (Å²) in [6.45, 7) is 3.66. The third-order valence-electron chi connectivity index (χ3n) is 2.20. The molecule has 0 unspecified atom stereocenters. The quantitative estimate of drug-likeness (QED) is 0.760. The summed E-state index contributed by atoms with van der Waals surface area (Å²) in [5.41, 5.74) is 0.856. The smallest absolute Gasteiger partial charge is 0.311 e. The van der Waals surface area contributed by atoms with Gasteiger partial charge in [-0.15, -0.1) is 0 Å². The summed E-state index contributed by atoms with van der Waals surface area (Å²) in [4.78, 5) is 0. The topological polar surface area (TPSA) is 47.3 Å². The zero-order valence-electron chi connectivity index (χ0n) is 7.75. The van der Waals surface area contributed by atoms with Crippen LogP contribution in [-0.4, -0.2) is 24.4 Å². The lowest BCUT2D eigenvalue weighted by Crippen LogP contribution is -2.28. The summed E-state index contributed by atoms with van der Waals surface area (Å²) in [7, 11) is 0. The molecule has 0 saturated carbocycles. The van der Waals surface area contributed by atoms with Crippen molar-refractivity contribution in [2.75, 3.05) is 13.2 Å². The molecule has 0 spiro atoms. The van der Waals surface area contributed by atoms with Crippen LogP contribution in [0.25, 0.3) is 0 Å². The lowest BCUT2D eigenvalue weighted by molar-refractivity contribution is 0.195. The van der Waals surface area contributed by atoms with Gasteiger partial charge in [0.15, 0.2) is 0 Å². The van der Waals surface area contributed by atoms with E-state index in [0.717, 1.165) is 12.2 Å². The first kappa shape index (κ1) is 8.56. The van der Waals surface area contributed by atoms with Crippen LogP contribution < -0.4 is 10.1 Å². The Bertz CT molecular complexity index is 266. The highest BCUT2D eigenvalue weighted by molar-refractivity contribution is 5.08. The van der Waals surface area contributed by atoms with E-state index in [0.29, 0.717) is 18.6 Å². The second kappa shape index (κ2) is 3.79. The SMILES string of the molecule is Cc1cc(OC[C@@H]2CCCN2)on1. The number of rotatable bonds is 3. The Morgan fingerprint density at radius 1 is 1.77 bits per heavy atom. The van der Waals surface area contributed by atoms with Gasteiger partial charge in [0.25, 0.3) is 0 Å². The number of ether oxygens (including phenoxy) is 1. The summed E-state index contributed by atoms with van der Waals surface area (Å²) in [5.74, 6) is 0.520. The Balaban J connectivity index is 1.78. The molecule has 0 radical (unpaired) electrons. The Hall–Kier alpha value is -1.03. The van der Waals surface area contributed by atoms with Gasteiger partial charge >= 0.3 is 5.95 Å². The molecular weight excluding hydrogens is 168 g/mol. The van der Waals surface area contributed by atoms with E-state index < -0.39 is 0 Å². The van der Waals surface area contributed by atoms with Crippen LogP contribution in [0.1, 0.15) is 18.5 Å². The molecular formula is C9H14N2O2. The number of aromatic nitrogens is 1. The maximum Gasteiger partial charge on any atom is 0.311 e. The van der Waals surface area contributed by atoms with Gasteiger partial charge in [0.2, 0.25) is 0 Å². The predicted octanol–water partition coefficient (Wildman–Crippen LogP) is 1.11. The molecule has 4 heteroatoms. The molecule has 0 bridgehead atoms. The molecule has 1 aromatic heterocycles. The molecule has 13 heavy (non-hydrogen) atoms. The molecule has 0 aromatic carbocycles. The van der Waals surface area contributed by atoms with Crippen LogP contribution in [0.3, 0.4) is 0 Å². The lowest BCUT2D eigenvalue weighted by atomic mass is 10.2. The minimum absolute atomic E-state index is 0.477. The molecule has 1 atom stereocenters. The number of hydrogen-bond acceptors (Lipinski definition) is 4. The summed E-state index contributed by atoms with van der Waals surface area (Å²) >= 11 is 0. The molecule has 2 rings (SSSR count). The number of nitrogens with one attached hydrogen (secondary N) is 1. The maximum absolute atomic E-state index is 5.42. The molecule has 1 saturated heterocycles. The summed E-state index contributed by atoms with van der Waals surface area (Å²) in [6, 6.07) is 2.28. The van der Waals surface area contributed by atoms with Crippen molar-refractivity contribution < 1.29 is 9.26 Å². The minimum atomic E-state index is 0.477. The Labute approximate surface area is 77.2 Å². The van der Waals surface area contributed by atoms with Gasteiger partial charge in [-0.2, -0.15) is 0 Å². The van der Waals surface area contributed by atoms with Crippen LogP contribution in [0.4, 0.5) is 0 Å².